The van der Waals surface area contributed by atoms with Crippen LogP contribution in [0.5, 0.6) is 11.5 Å². The molecule has 0 radical (unpaired) electrons. The molecule has 5 nitrogen and oxygen atoms in total. The van der Waals surface area contributed by atoms with Crippen molar-refractivity contribution in [3.05, 3.63) is 17.7 Å². The maximum atomic E-state index is 11.8. The summed E-state index contributed by atoms with van der Waals surface area (Å²) in [6.45, 7) is 6.14. The number of benzene rings is 1. The van der Waals surface area contributed by atoms with E-state index in [9.17, 15) is 4.79 Å². The molecule has 0 saturated heterocycles. The van der Waals surface area contributed by atoms with Crippen molar-refractivity contribution in [2.75, 3.05) is 26.1 Å². The lowest BCUT2D eigenvalue weighted by atomic mass is 10.1. The largest absolute Gasteiger partial charge is 0.496 e. The Morgan fingerprint density at radius 2 is 1.95 bits per heavy atom. The molecule has 0 heterocycles. The Labute approximate surface area is 114 Å². The number of rotatable bonds is 6. The molecule has 1 rings (SSSR count). The van der Waals surface area contributed by atoms with E-state index in [0.717, 1.165) is 11.3 Å². The van der Waals surface area contributed by atoms with E-state index in [0.29, 0.717) is 11.4 Å². The lowest BCUT2D eigenvalue weighted by Gasteiger charge is -2.15. The number of anilines is 1. The molecule has 0 atom stereocenters. The third kappa shape index (κ3) is 4.13. The van der Waals surface area contributed by atoms with E-state index in [1.54, 1.807) is 20.3 Å². The van der Waals surface area contributed by atoms with Crippen molar-refractivity contribution in [2.24, 2.45) is 0 Å². The van der Waals surface area contributed by atoms with Crippen LogP contribution in [0.1, 0.15) is 19.4 Å². The summed E-state index contributed by atoms with van der Waals surface area (Å²) in [6.07, 6.45) is 0. The molecule has 0 aliphatic rings. The van der Waals surface area contributed by atoms with Gasteiger partial charge >= 0.3 is 0 Å². The molecule has 1 amide bonds. The predicted octanol–water partition coefficient (Wildman–Crippen LogP) is 1.95. The first kappa shape index (κ1) is 15.3. The lowest BCUT2D eigenvalue weighted by molar-refractivity contribution is -0.115. The fourth-order valence-electron chi connectivity index (χ4n) is 1.75. The molecule has 106 valence electrons. The van der Waals surface area contributed by atoms with Crippen molar-refractivity contribution in [1.29, 1.82) is 0 Å². The Balaban J connectivity index is 2.83. The van der Waals surface area contributed by atoms with Gasteiger partial charge in [-0.05, 0) is 19.1 Å². The van der Waals surface area contributed by atoms with Crippen LogP contribution in [-0.4, -0.2) is 32.7 Å². The van der Waals surface area contributed by atoms with Crippen LogP contribution in [-0.2, 0) is 4.79 Å². The number of carbonyl (C=O) groups excluding carboxylic acids is 1. The van der Waals surface area contributed by atoms with Crippen molar-refractivity contribution >= 4 is 11.6 Å². The molecule has 5 heteroatoms. The molecule has 19 heavy (non-hydrogen) atoms. The summed E-state index contributed by atoms with van der Waals surface area (Å²) in [5, 5.41) is 5.89. The van der Waals surface area contributed by atoms with Crippen molar-refractivity contribution in [1.82, 2.24) is 5.32 Å². The van der Waals surface area contributed by atoms with Crippen molar-refractivity contribution < 1.29 is 14.3 Å². The second kappa shape index (κ2) is 6.99. The summed E-state index contributed by atoms with van der Waals surface area (Å²) in [5.41, 5.74) is 1.51. The minimum absolute atomic E-state index is 0.100. The number of amides is 1. The topological polar surface area (TPSA) is 59.6 Å². The van der Waals surface area contributed by atoms with Crippen molar-refractivity contribution in [3.63, 3.8) is 0 Å². The highest BCUT2D eigenvalue weighted by Gasteiger charge is 2.13. The maximum absolute atomic E-state index is 11.8. The number of methoxy groups -OCH3 is 2. The van der Waals surface area contributed by atoms with Crippen LogP contribution in [0.2, 0.25) is 0 Å². The third-order valence-electron chi connectivity index (χ3n) is 2.73. The maximum Gasteiger partial charge on any atom is 0.238 e. The Morgan fingerprint density at radius 3 is 2.47 bits per heavy atom. The molecular formula is C14H22N2O3. The zero-order valence-corrected chi connectivity index (χ0v) is 12.2. The van der Waals surface area contributed by atoms with Gasteiger partial charge < -0.3 is 20.1 Å². The molecule has 0 aliphatic heterocycles. The first-order chi connectivity index (χ1) is 8.99. The zero-order valence-electron chi connectivity index (χ0n) is 12.2. The van der Waals surface area contributed by atoms with E-state index in [1.165, 1.54) is 0 Å². The molecule has 0 unspecified atom stereocenters. The van der Waals surface area contributed by atoms with Gasteiger partial charge in [0.25, 0.3) is 0 Å². The monoisotopic (exact) mass is 266 g/mol. The summed E-state index contributed by atoms with van der Waals surface area (Å²) in [5.74, 6) is 1.25. The second-order valence-electron chi connectivity index (χ2n) is 4.56. The molecule has 0 aromatic heterocycles. The van der Waals surface area contributed by atoms with Crippen LogP contribution >= 0.6 is 0 Å². The first-order valence-electron chi connectivity index (χ1n) is 6.24. The minimum atomic E-state index is -0.100. The van der Waals surface area contributed by atoms with Crippen LogP contribution in [0, 0.1) is 6.92 Å². The van der Waals surface area contributed by atoms with E-state index < -0.39 is 0 Å². The van der Waals surface area contributed by atoms with Gasteiger partial charge in [0.15, 0.2) is 0 Å². The molecule has 1 aromatic carbocycles. The quantitative estimate of drug-likeness (QED) is 0.826. The van der Waals surface area contributed by atoms with Crippen LogP contribution in [0.3, 0.4) is 0 Å². The Bertz CT molecular complexity index is 445. The Hall–Kier alpha value is -1.75. The van der Waals surface area contributed by atoms with E-state index >= 15 is 0 Å². The number of ether oxygens (including phenoxy) is 2. The van der Waals surface area contributed by atoms with E-state index in [1.807, 2.05) is 26.8 Å². The van der Waals surface area contributed by atoms with Gasteiger partial charge in [-0.25, -0.2) is 0 Å². The first-order valence-corrected chi connectivity index (χ1v) is 6.24. The highest BCUT2D eigenvalue weighted by atomic mass is 16.5. The fraction of sp³-hybridized carbons (Fsp3) is 0.500. The summed E-state index contributed by atoms with van der Waals surface area (Å²) < 4.78 is 10.6. The van der Waals surface area contributed by atoms with E-state index in [2.05, 4.69) is 10.6 Å². The molecule has 0 spiro atoms. The molecule has 0 saturated carbocycles. The SMILES string of the molecule is COc1ccc(NC(=O)CNC(C)C)c(OC)c1C. The molecule has 2 N–H and O–H groups in total. The van der Waals surface area contributed by atoms with Gasteiger partial charge in [-0.15, -0.1) is 0 Å². The molecular weight excluding hydrogens is 244 g/mol. The number of hydrogen-bond donors (Lipinski definition) is 2. The number of nitrogens with one attached hydrogen (secondary N) is 2. The van der Waals surface area contributed by atoms with Crippen LogP contribution in [0.15, 0.2) is 12.1 Å². The second-order valence-corrected chi connectivity index (χ2v) is 4.56. The smallest absolute Gasteiger partial charge is 0.238 e. The standard InChI is InChI=1S/C14H22N2O3/c1-9(2)15-8-13(17)16-11-6-7-12(18-4)10(3)14(11)19-5/h6-7,9,15H,8H2,1-5H3,(H,16,17). The molecule has 0 bridgehead atoms. The minimum Gasteiger partial charge on any atom is -0.496 e. The average molecular weight is 266 g/mol. The van der Waals surface area contributed by atoms with Gasteiger partial charge in [0.2, 0.25) is 5.91 Å². The van der Waals surface area contributed by atoms with Gasteiger partial charge in [0.05, 0.1) is 26.5 Å². The Kier molecular flexibility index (Phi) is 5.63. The molecule has 0 aliphatic carbocycles. The van der Waals surface area contributed by atoms with E-state index in [4.69, 9.17) is 9.47 Å². The molecule has 1 aromatic rings. The van der Waals surface area contributed by atoms with Gasteiger partial charge in [0, 0.05) is 11.6 Å². The summed E-state index contributed by atoms with van der Waals surface area (Å²) in [6, 6.07) is 3.85. The number of carbonyl (C=O) groups is 1. The van der Waals surface area contributed by atoms with Crippen LogP contribution < -0.4 is 20.1 Å². The summed E-state index contributed by atoms with van der Waals surface area (Å²) >= 11 is 0. The highest BCUT2D eigenvalue weighted by molar-refractivity contribution is 5.94. The van der Waals surface area contributed by atoms with Crippen molar-refractivity contribution in [2.45, 2.75) is 26.8 Å². The predicted molar refractivity (Wildman–Crippen MR) is 76.1 cm³/mol. The third-order valence-corrected chi connectivity index (χ3v) is 2.73. The summed E-state index contributed by atoms with van der Waals surface area (Å²) in [4.78, 5) is 11.8. The van der Waals surface area contributed by atoms with Gasteiger partial charge in [-0.2, -0.15) is 0 Å². The summed E-state index contributed by atoms with van der Waals surface area (Å²) in [7, 11) is 3.18. The molecule has 0 fully saturated rings. The van der Waals surface area contributed by atoms with Crippen LogP contribution in [0.25, 0.3) is 0 Å². The van der Waals surface area contributed by atoms with Gasteiger partial charge in [-0.1, -0.05) is 13.8 Å². The van der Waals surface area contributed by atoms with Gasteiger partial charge in [-0.3, -0.25) is 4.79 Å². The number of hydrogen-bond acceptors (Lipinski definition) is 4. The zero-order chi connectivity index (χ0) is 14.4. The van der Waals surface area contributed by atoms with E-state index in [-0.39, 0.29) is 18.5 Å². The van der Waals surface area contributed by atoms with Crippen molar-refractivity contribution in [3.8, 4) is 11.5 Å². The highest BCUT2D eigenvalue weighted by Crippen LogP contribution is 2.34. The normalized spacial score (nSPS) is 10.4. The Morgan fingerprint density at radius 1 is 1.26 bits per heavy atom. The lowest BCUT2D eigenvalue weighted by Crippen LogP contribution is -2.32. The average Bonchev–Trinajstić information content (AvgIpc) is 2.37. The van der Waals surface area contributed by atoms with Gasteiger partial charge in [0.1, 0.15) is 11.5 Å². The fourth-order valence-corrected chi connectivity index (χ4v) is 1.75. The van der Waals surface area contributed by atoms with Crippen LogP contribution in [0.4, 0.5) is 5.69 Å².